The van der Waals surface area contributed by atoms with Crippen molar-refractivity contribution in [2.24, 2.45) is 0 Å². The standard InChI is InChI=1S/C15H24N2O3S/c1-4-16-8-9-17-15(18)7-10-21-12-5-6-13(19-2)14(11-12)20-3/h5-6,11,16H,4,7-10H2,1-3H3,(H,17,18). The van der Waals surface area contributed by atoms with Gasteiger partial charge >= 0.3 is 0 Å². The van der Waals surface area contributed by atoms with Crippen molar-refractivity contribution in [2.45, 2.75) is 18.2 Å². The van der Waals surface area contributed by atoms with E-state index in [0.717, 1.165) is 23.7 Å². The molecule has 21 heavy (non-hydrogen) atoms. The Hall–Kier alpha value is -1.40. The van der Waals surface area contributed by atoms with E-state index in [-0.39, 0.29) is 5.91 Å². The van der Waals surface area contributed by atoms with Gasteiger partial charge in [-0.1, -0.05) is 6.92 Å². The zero-order chi connectivity index (χ0) is 15.5. The molecule has 0 aliphatic rings. The molecular formula is C15H24N2O3S. The van der Waals surface area contributed by atoms with Gasteiger partial charge in [0.15, 0.2) is 11.5 Å². The first-order chi connectivity index (χ1) is 10.2. The van der Waals surface area contributed by atoms with Crippen LogP contribution < -0.4 is 20.1 Å². The highest BCUT2D eigenvalue weighted by atomic mass is 32.2. The molecule has 0 unspecified atom stereocenters. The average molecular weight is 312 g/mol. The molecule has 0 fully saturated rings. The maximum Gasteiger partial charge on any atom is 0.220 e. The molecule has 1 amide bonds. The Morgan fingerprint density at radius 2 is 1.95 bits per heavy atom. The predicted octanol–water partition coefficient (Wildman–Crippen LogP) is 1.91. The smallest absolute Gasteiger partial charge is 0.220 e. The molecule has 0 bridgehead atoms. The number of nitrogens with one attached hydrogen (secondary N) is 2. The fourth-order valence-corrected chi connectivity index (χ4v) is 2.60. The third-order valence-electron chi connectivity index (χ3n) is 2.83. The Labute approximate surface area is 130 Å². The molecule has 0 atom stereocenters. The quantitative estimate of drug-likeness (QED) is 0.510. The molecule has 2 N–H and O–H groups in total. The Morgan fingerprint density at radius 1 is 1.19 bits per heavy atom. The monoisotopic (exact) mass is 312 g/mol. The number of hydrogen-bond acceptors (Lipinski definition) is 5. The van der Waals surface area contributed by atoms with Gasteiger partial charge in [0.25, 0.3) is 0 Å². The number of amides is 1. The fourth-order valence-electron chi connectivity index (χ4n) is 1.72. The summed E-state index contributed by atoms with van der Waals surface area (Å²) in [5, 5.41) is 6.05. The fraction of sp³-hybridized carbons (Fsp3) is 0.533. The van der Waals surface area contributed by atoms with Gasteiger partial charge in [-0.25, -0.2) is 0 Å². The molecule has 1 rings (SSSR count). The molecule has 0 aliphatic heterocycles. The van der Waals surface area contributed by atoms with Crippen molar-refractivity contribution < 1.29 is 14.3 Å². The van der Waals surface area contributed by atoms with E-state index in [1.54, 1.807) is 26.0 Å². The van der Waals surface area contributed by atoms with E-state index in [4.69, 9.17) is 9.47 Å². The van der Waals surface area contributed by atoms with E-state index >= 15 is 0 Å². The highest BCUT2D eigenvalue weighted by molar-refractivity contribution is 7.99. The van der Waals surface area contributed by atoms with E-state index in [9.17, 15) is 4.79 Å². The summed E-state index contributed by atoms with van der Waals surface area (Å²) in [7, 11) is 3.23. The topological polar surface area (TPSA) is 59.6 Å². The molecule has 0 heterocycles. The van der Waals surface area contributed by atoms with Gasteiger partial charge in [0, 0.05) is 30.2 Å². The zero-order valence-corrected chi connectivity index (χ0v) is 13.7. The van der Waals surface area contributed by atoms with Gasteiger partial charge < -0.3 is 20.1 Å². The molecule has 0 aliphatic carbocycles. The number of ether oxygens (including phenoxy) is 2. The summed E-state index contributed by atoms with van der Waals surface area (Å²) < 4.78 is 10.4. The summed E-state index contributed by atoms with van der Waals surface area (Å²) in [5.41, 5.74) is 0. The van der Waals surface area contributed by atoms with Crippen LogP contribution in [0.4, 0.5) is 0 Å². The number of carbonyl (C=O) groups is 1. The van der Waals surface area contributed by atoms with Crippen LogP contribution in [0.2, 0.25) is 0 Å². The molecule has 0 saturated heterocycles. The van der Waals surface area contributed by atoms with Gasteiger partial charge in [0.1, 0.15) is 0 Å². The molecule has 5 nitrogen and oxygen atoms in total. The van der Waals surface area contributed by atoms with Crippen molar-refractivity contribution in [1.82, 2.24) is 10.6 Å². The number of hydrogen-bond donors (Lipinski definition) is 2. The molecule has 0 aromatic heterocycles. The van der Waals surface area contributed by atoms with Crippen LogP contribution in [0.5, 0.6) is 11.5 Å². The molecule has 0 spiro atoms. The normalized spacial score (nSPS) is 10.2. The Morgan fingerprint density at radius 3 is 2.62 bits per heavy atom. The van der Waals surface area contributed by atoms with Crippen molar-refractivity contribution in [1.29, 1.82) is 0 Å². The van der Waals surface area contributed by atoms with Gasteiger partial charge in [-0.15, -0.1) is 11.8 Å². The summed E-state index contributed by atoms with van der Waals surface area (Å²) in [5.74, 6) is 2.24. The van der Waals surface area contributed by atoms with Crippen molar-refractivity contribution in [3.05, 3.63) is 18.2 Å². The van der Waals surface area contributed by atoms with Crippen molar-refractivity contribution in [3.8, 4) is 11.5 Å². The lowest BCUT2D eigenvalue weighted by molar-refractivity contribution is -0.120. The van der Waals surface area contributed by atoms with Crippen LogP contribution in [0.15, 0.2) is 23.1 Å². The maximum atomic E-state index is 11.6. The minimum absolute atomic E-state index is 0.0841. The highest BCUT2D eigenvalue weighted by Gasteiger charge is 2.06. The molecule has 1 aromatic carbocycles. The van der Waals surface area contributed by atoms with Crippen LogP contribution in [0, 0.1) is 0 Å². The van der Waals surface area contributed by atoms with Crippen LogP contribution in [0.3, 0.4) is 0 Å². The minimum Gasteiger partial charge on any atom is -0.493 e. The van der Waals surface area contributed by atoms with Crippen molar-refractivity contribution in [3.63, 3.8) is 0 Å². The summed E-state index contributed by atoms with van der Waals surface area (Å²) >= 11 is 1.63. The molecule has 118 valence electrons. The lowest BCUT2D eigenvalue weighted by Crippen LogP contribution is -2.31. The maximum absolute atomic E-state index is 11.6. The molecule has 1 aromatic rings. The summed E-state index contributed by atoms with van der Waals surface area (Å²) in [6.07, 6.45) is 0.505. The van der Waals surface area contributed by atoms with Crippen molar-refractivity contribution >= 4 is 17.7 Å². The first-order valence-electron chi connectivity index (χ1n) is 7.03. The zero-order valence-electron chi connectivity index (χ0n) is 12.9. The van der Waals surface area contributed by atoms with E-state index in [2.05, 4.69) is 10.6 Å². The van der Waals surface area contributed by atoms with Crippen LogP contribution >= 0.6 is 11.8 Å². The minimum atomic E-state index is 0.0841. The number of methoxy groups -OCH3 is 2. The molecule has 0 saturated carbocycles. The van der Waals surface area contributed by atoms with Gasteiger partial charge in [0.2, 0.25) is 5.91 Å². The van der Waals surface area contributed by atoms with Gasteiger partial charge in [-0.2, -0.15) is 0 Å². The van der Waals surface area contributed by atoms with Gasteiger partial charge in [0.05, 0.1) is 14.2 Å². The third kappa shape index (κ3) is 6.73. The number of carbonyl (C=O) groups excluding carboxylic acids is 1. The lowest BCUT2D eigenvalue weighted by atomic mass is 10.3. The Bertz CT molecular complexity index is 441. The second-order valence-corrected chi connectivity index (χ2v) is 5.49. The Balaban J connectivity index is 2.30. The second kappa shape index (κ2) is 10.3. The number of thioether (sulfide) groups is 1. The number of benzene rings is 1. The van der Waals surface area contributed by atoms with Crippen LogP contribution in [0.1, 0.15) is 13.3 Å². The largest absolute Gasteiger partial charge is 0.493 e. The summed E-state index contributed by atoms with van der Waals surface area (Å²) in [4.78, 5) is 12.7. The van der Waals surface area contributed by atoms with E-state index < -0.39 is 0 Å². The first kappa shape index (κ1) is 17.7. The van der Waals surface area contributed by atoms with E-state index in [1.807, 2.05) is 25.1 Å². The number of likely N-dealkylation sites (N-methyl/N-ethyl adjacent to an activating group) is 1. The first-order valence-corrected chi connectivity index (χ1v) is 8.02. The van der Waals surface area contributed by atoms with Crippen molar-refractivity contribution in [2.75, 3.05) is 39.6 Å². The molecular weight excluding hydrogens is 288 g/mol. The van der Waals surface area contributed by atoms with E-state index in [1.165, 1.54) is 0 Å². The SMILES string of the molecule is CCNCCNC(=O)CCSc1ccc(OC)c(OC)c1. The summed E-state index contributed by atoms with van der Waals surface area (Å²) in [6.45, 7) is 4.45. The lowest BCUT2D eigenvalue weighted by Gasteiger charge is -2.09. The second-order valence-electron chi connectivity index (χ2n) is 4.32. The van der Waals surface area contributed by atoms with Crippen LogP contribution in [0.25, 0.3) is 0 Å². The third-order valence-corrected chi connectivity index (χ3v) is 3.82. The van der Waals surface area contributed by atoms with Crippen LogP contribution in [-0.4, -0.2) is 45.5 Å². The average Bonchev–Trinajstić information content (AvgIpc) is 2.51. The van der Waals surface area contributed by atoms with Crippen LogP contribution in [-0.2, 0) is 4.79 Å². The summed E-state index contributed by atoms with van der Waals surface area (Å²) in [6, 6.07) is 5.76. The van der Waals surface area contributed by atoms with Gasteiger partial charge in [-0.3, -0.25) is 4.79 Å². The number of rotatable bonds is 10. The predicted molar refractivity (Wildman–Crippen MR) is 86.4 cm³/mol. The highest BCUT2D eigenvalue weighted by Crippen LogP contribution is 2.31. The molecule has 6 heteroatoms. The van der Waals surface area contributed by atoms with E-state index in [0.29, 0.717) is 24.5 Å². The van der Waals surface area contributed by atoms with Gasteiger partial charge in [-0.05, 0) is 24.7 Å². The molecule has 0 radical (unpaired) electrons. The Kier molecular flexibility index (Phi) is 8.69.